The van der Waals surface area contributed by atoms with Crippen LogP contribution in [0.15, 0.2) is 25.3 Å². The fourth-order valence-corrected chi connectivity index (χ4v) is 3.88. The molecule has 0 aromatic heterocycles. The van der Waals surface area contributed by atoms with E-state index in [2.05, 4.69) is 47.0 Å². The second-order valence-electron chi connectivity index (χ2n) is 8.42. The van der Waals surface area contributed by atoms with Crippen molar-refractivity contribution in [1.82, 2.24) is 0 Å². The number of allylic oxidation sites excluding steroid dienone is 1. The molecule has 0 radical (unpaired) electrons. The molecule has 1 aliphatic heterocycles. The summed E-state index contributed by atoms with van der Waals surface area (Å²) in [7, 11) is -2.02. The van der Waals surface area contributed by atoms with Crippen molar-refractivity contribution in [1.29, 1.82) is 0 Å². The number of ketones is 1. The number of ether oxygens (including phenoxy) is 2. The van der Waals surface area contributed by atoms with Gasteiger partial charge in [0, 0.05) is 6.42 Å². The summed E-state index contributed by atoms with van der Waals surface area (Å²) in [6.45, 7) is 22.1. The molecule has 0 aromatic carbocycles. The zero-order valence-corrected chi connectivity index (χ0v) is 17.3. The molecule has 0 unspecified atom stereocenters. The standard InChI is InChI=1S/C19H34O4Si/c1-10-12-14(20)16-17(22-19(6,7)21-16)15(13-11-2)23-24(8,9)18(3,4)5/h10-11,15-17H,1-2,12-13H2,3-9H3/t15-,16+,17-/m0/s1. The minimum atomic E-state index is -2.02. The van der Waals surface area contributed by atoms with Crippen molar-refractivity contribution in [2.24, 2.45) is 0 Å². The number of carbonyl (C=O) groups excluding carboxylic acids is 1. The van der Waals surface area contributed by atoms with Gasteiger partial charge in [0.05, 0.1) is 6.10 Å². The lowest BCUT2D eigenvalue weighted by Gasteiger charge is -2.41. The summed E-state index contributed by atoms with van der Waals surface area (Å²) in [5.41, 5.74) is 0. The Morgan fingerprint density at radius 1 is 1.25 bits per heavy atom. The van der Waals surface area contributed by atoms with Crippen molar-refractivity contribution in [2.45, 2.75) is 89.7 Å². The van der Waals surface area contributed by atoms with E-state index in [9.17, 15) is 4.79 Å². The van der Waals surface area contributed by atoms with E-state index in [1.165, 1.54) is 0 Å². The lowest BCUT2D eigenvalue weighted by molar-refractivity contribution is -0.158. The molecule has 4 nitrogen and oxygen atoms in total. The van der Waals surface area contributed by atoms with Crippen LogP contribution in [-0.2, 0) is 18.7 Å². The molecule has 0 saturated carbocycles. The van der Waals surface area contributed by atoms with E-state index in [1.54, 1.807) is 6.08 Å². The maximum absolute atomic E-state index is 12.5. The molecule has 3 atom stereocenters. The van der Waals surface area contributed by atoms with Crippen LogP contribution in [0.4, 0.5) is 0 Å². The Bertz CT molecular complexity index is 476. The first-order valence-electron chi connectivity index (χ1n) is 8.62. The van der Waals surface area contributed by atoms with Gasteiger partial charge in [0.25, 0.3) is 0 Å². The van der Waals surface area contributed by atoms with Crippen LogP contribution in [0.5, 0.6) is 0 Å². The zero-order valence-electron chi connectivity index (χ0n) is 16.3. The highest BCUT2D eigenvalue weighted by Gasteiger charge is 2.50. The van der Waals surface area contributed by atoms with Crippen molar-refractivity contribution < 1.29 is 18.7 Å². The second-order valence-corrected chi connectivity index (χ2v) is 13.2. The minimum absolute atomic E-state index is 0.0199. The Hall–Kier alpha value is -0.753. The van der Waals surface area contributed by atoms with Gasteiger partial charge in [-0.2, -0.15) is 0 Å². The van der Waals surface area contributed by atoms with E-state index in [1.807, 2.05) is 19.9 Å². The van der Waals surface area contributed by atoms with E-state index < -0.39 is 26.3 Å². The molecule has 1 saturated heterocycles. The quantitative estimate of drug-likeness (QED) is 0.471. The topological polar surface area (TPSA) is 44.8 Å². The summed E-state index contributed by atoms with van der Waals surface area (Å²) in [6.07, 6.45) is 3.00. The number of hydrogen-bond donors (Lipinski definition) is 0. The SMILES string of the molecule is C=CCC(=O)[C@H]1OC(C)(C)O[C@H]1[C@H](CC=C)O[Si](C)(C)C(C)(C)C. The van der Waals surface area contributed by atoms with Gasteiger partial charge in [0.15, 0.2) is 19.9 Å². The van der Waals surface area contributed by atoms with E-state index in [0.29, 0.717) is 6.42 Å². The average molecular weight is 355 g/mol. The number of rotatable bonds is 8. The molecule has 0 N–H and O–H groups in total. The molecule has 0 spiro atoms. The molecule has 0 amide bonds. The Morgan fingerprint density at radius 3 is 2.29 bits per heavy atom. The zero-order chi connectivity index (χ0) is 18.8. The predicted molar refractivity (Wildman–Crippen MR) is 101 cm³/mol. The monoisotopic (exact) mass is 354 g/mol. The first-order valence-corrected chi connectivity index (χ1v) is 11.5. The normalized spacial score (nSPS) is 25.3. The van der Waals surface area contributed by atoms with Crippen LogP contribution < -0.4 is 0 Å². The van der Waals surface area contributed by atoms with Crippen LogP contribution in [-0.4, -0.2) is 38.2 Å². The van der Waals surface area contributed by atoms with Gasteiger partial charge in [-0.25, -0.2) is 0 Å². The Labute approximate surface area is 148 Å². The highest BCUT2D eigenvalue weighted by atomic mass is 28.4. The Morgan fingerprint density at radius 2 is 1.83 bits per heavy atom. The maximum atomic E-state index is 12.5. The molecule has 1 rings (SSSR count). The van der Waals surface area contributed by atoms with Gasteiger partial charge in [0.2, 0.25) is 0 Å². The average Bonchev–Trinajstić information content (AvgIpc) is 2.73. The third-order valence-corrected chi connectivity index (χ3v) is 9.31. The van der Waals surface area contributed by atoms with Gasteiger partial charge in [-0.1, -0.05) is 32.9 Å². The van der Waals surface area contributed by atoms with Gasteiger partial charge in [-0.15, -0.1) is 13.2 Å². The molecule has 24 heavy (non-hydrogen) atoms. The van der Waals surface area contributed by atoms with E-state index in [-0.39, 0.29) is 23.3 Å². The van der Waals surface area contributed by atoms with Crippen molar-refractivity contribution in [3.05, 3.63) is 25.3 Å². The first-order chi connectivity index (χ1) is 10.8. The molecule has 0 aromatic rings. The van der Waals surface area contributed by atoms with Crippen molar-refractivity contribution in [3.8, 4) is 0 Å². The van der Waals surface area contributed by atoms with E-state index >= 15 is 0 Å². The highest BCUT2D eigenvalue weighted by Crippen LogP contribution is 2.40. The number of Topliss-reactive ketones (excluding diaryl/α,β-unsaturated/α-hetero) is 1. The molecule has 1 heterocycles. The second kappa shape index (κ2) is 7.64. The van der Waals surface area contributed by atoms with Gasteiger partial charge >= 0.3 is 0 Å². The molecular formula is C19H34O4Si. The predicted octanol–water partition coefficient (Wildman–Crippen LogP) is 4.62. The summed E-state index contributed by atoms with van der Waals surface area (Å²) >= 11 is 0. The molecule has 1 fully saturated rings. The lowest BCUT2D eigenvalue weighted by atomic mass is 10.0. The van der Waals surface area contributed by atoms with Gasteiger partial charge in [-0.3, -0.25) is 4.79 Å². The minimum Gasteiger partial charge on any atom is -0.411 e. The Balaban J connectivity index is 3.09. The number of carbonyl (C=O) groups is 1. The van der Waals surface area contributed by atoms with Gasteiger partial charge < -0.3 is 13.9 Å². The molecule has 0 bridgehead atoms. The van der Waals surface area contributed by atoms with Crippen LogP contribution in [0.25, 0.3) is 0 Å². The fourth-order valence-electron chi connectivity index (χ4n) is 2.54. The summed E-state index contributed by atoms with van der Waals surface area (Å²) in [6, 6.07) is 0. The van der Waals surface area contributed by atoms with Crippen LogP contribution in [0.2, 0.25) is 18.1 Å². The fraction of sp³-hybridized carbons (Fsp3) is 0.737. The molecule has 0 aliphatic carbocycles. The third kappa shape index (κ3) is 5.12. The van der Waals surface area contributed by atoms with Crippen LogP contribution in [0.1, 0.15) is 47.5 Å². The smallest absolute Gasteiger partial charge is 0.192 e. The third-order valence-electron chi connectivity index (χ3n) is 4.81. The van der Waals surface area contributed by atoms with Crippen LogP contribution >= 0.6 is 0 Å². The molecular weight excluding hydrogens is 320 g/mol. The van der Waals surface area contributed by atoms with E-state index in [0.717, 1.165) is 0 Å². The maximum Gasteiger partial charge on any atom is 0.192 e. The van der Waals surface area contributed by atoms with Crippen molar-refractivity contribution in [3.63, 3.8) is 0 Å². The summed E-state index contributed by atoms with van der Waals surface area (Å²) in [5.74, 6) is -0.823. The Kier molecular flexibility index (Phi) is 6.78. The van der Waals surface area contributed by atoms with Crippen LogP contribution in [0, 0.1) is 0 Å². The van der Waals surface area contributed by atoms with Crippen LogP contribution in [0.3, 0.4) is 0 Å². The van der Waals surface area contributed by atoms with E-state index in [4.69, 9.17) is 13.9 Å². The highest BCUT2D eigenvalue weighted by molar-refractivity contribution is 6.74. The largest absolute Gasteiger partial charge is 0.411 e. The summed E-state index contributed by atoms with van der Waals surface area (Å²) in [4.78, 5) is 12.5. The first kappa shape index (κ1) is 21.3. The van der Waals surface area contributed by atoms with Crippen molar-refractivity contribution in [2.75, 3.05) is 0 Å². The van der Waals surface area contributed by atoms with Crippen molar-refractivity contribution >= 4 is 14.1 Å². The number of hydrogen-bond acceptors (Lipinski definition) is 4. The molecule has 5 heteroatoms. The van der Waals surface area contributed by atoms with Gasteiger partial charge in [0.1, 0.15) is 12.2 Å². The lowest BCUT2D eigenvalue weighted by Crippen LogP contribution is -2.50. The molecule has 138 valence electrons. The summed E-state index contributed by atoms with van der Waals surface area (Å²) in [5, 5.41) is 0.0714. The molecule has 1 aliphatic rings. The summed E-state index contributed by atoms with van der Waals surface area (Å²) < 4.78 is 18.5. The van der Waals surface area contributed by atoms with Gasteiger partial charge in [-0.05, 0) is 38.4 Å².